The molecule has 5 heteroatoms. The van der Waals surface area contributed by atoms with Gasteiger partial charge in [-0.3, -0.25) is 4.79 Å². The zero-order chi connectivity index (χ0) is 11.8. The second-order valence-electron chi connectivity index (χ2n) is 3.48. The Morgan fingerprint density at radius 2 is 2.13 bits per heavy atom. The molecule has 0 saturated heterocycles. The van der Waals surface area contributed by atoms with Gasteiger partial charge in [-0.05, 0) is 5.92 Å². The topological polar surface area (TPSA) is 75.6 Å². The number of carboxylic acids is 1. The van der Waals surface area contributed by atoms with Gasteiger partial charge in [-0.15, -0.1) is 0 Å². The molecule has 0 radical (unpaired) electrons. The Kier molecular flexibility index (Phi) is 6.17. The molecule has 15 heavy (non-hydrogen) atoms. The lowest BCUT2D eigenvalue weighted by atomic mass is 10.0. The number of amides is 1. The van der Waals surface area contributed by atoms with Gasteiger partial charge >= 0.3 is 12.1 Å². The minimum Gasteiger partial charge on any atom is -0.481 e. The summed E-state index contributed by atoms with van der Waals surface area (Å²) in [6.07, 6.45) is 0.719. The van der Waals surface area contributed by atoms with Crippen LogP contribution in [0.15, 0.2) is 12.7 Å². The third kappa shape index (κ3) is 6.54. The number of carboxylic acid groups (broad SMARTS) is 1. The summed E-state index contributed by atoms with van der Waals surface area (Å²) in [6, 6.07) is -0.417. The van der Waals surface area contributed by atoms with Crippen LogP contribution >= 0.6 is 0 Å². The number of carbonyl (C=O) groups excluding carboxylic acids is 1. The van der Waals surface area contributed by atoms with E-state index in [1.54, 1.807) is 0 Å². The summed E-state index contributed by atoms with van der Waals surface area (Å²) in [5, 5.41) is 11.1. The molecule has 0 spiro atoms. The van der Waals surface area contributed by atoms with E-state index in [2.05, 4.69) is 11.9 Å². The molecule has 0 aromatic heterocycles. The molecule has 2 N–H and O–H groups in total. The Morgan fingerprint density at radius 1 is 1.53 bits per heavy atom. The highest BCUT2D eigenvalue weighted by Gasteiger charge is 2.19. The van der Waals surface area contributed by atoms with Crippen LogP contribution in [0.2, 0.25) is 0 Å². The smallest absolute Gasteiger partial charge is 0.407 e. The first kappa shape index (κ1) is 13.5. The lowest BCUT2D eigenvalue weighted by molar-refractivity contribution is -0.137. The number of alkyl carbamates (subject to hydrolysis) is 1. The number of carbonyl (C=O) groups is 2. The van der Waals surface area contributed by atoms with Gasteiger partial charge in [-0.25, -0.2) is 4.79 Å². The fourth-order valence-corrected chi connectivity index (χ4v) is 0.969. The molecule has 1 atom stereocenters. The Labute approximate surface area is 89.1 Å². The minimum atomic E-state index is -0.947. The van der Waals surface area contributed by atoms with Crippen molar-refractivity contribution in [2.45, 2.75) is 26.3 Å². The predicted molar refractivity (Wildman–Crippen MR) is 55.6 cm³/mol. The van der Waals surface area contributed by atoms with Crippen molar-refractivity contribution in [1.29, 1.82) is 0 Å². The van der Waals surface area contributed by atoms with Crippen molar-refractivity contribution in [1.82, 2.24) is 5.32 Å². The summed E-state index contributed by atoms with van der Waals surface area (Å²) in [7, 11) is 0. The van der Waals surface area contributed by atoms with E-state index in [1.165, 1.54) is 6.08 Å². The van der Waals surface area contributed by atoms with Crippen molar-refractivity contribution in [3.05, 3.63) is 12.7 Å². The third-order valence-electron chi connectivity index (χ3n) is 1.83. The first-order chi connectivity index (χ1) is 6.97. The molecule has 0 aliphatic heterocycles. The number of rotatable bonds is 6. The van der Waals surface area contributed by atoms with Crippen LogP contribution < -0.4 is 5.32 Å². The average molecular weight is 215 g/mol. The number of hydrogen-bond donors (Lipinski definition) is 2. The van der Waals surface area contributed by atoms with Gasteiger partial charge in [-0.2, -0.15) is 0 Å². The van der Waals surface area contributed by atoms with Gasteiger partial charge in [0.2, 0.25) is 0 Å². The SMILES string of the molecule is C=CCOC(=O)NC(CC(=O)O)C(C)C. The van der Waals surface area contributed by atoms with Crippen LogP contribution in [0.5, 0.6) is 0 Å². The molecule has 0 heterocycles. The summed E-state index contributed by atoms with van der Waals surface area (Å²) in [5.41, 5.74) is 0. The average Bonchev–Trinajstić information content (AvgIpc) is 2.12. The second kappa shape index (κ2) is 6.86. The van der Waals surface area contributed by atoms with Crippen LogP contribution in [-0.4, -0.2) is 29.8 Å². The maximum absolute atomic E-state index is 11.1. The molecule has 0 rings (SSSR count). The molecule has 1 amide bonds. The van der Waals surface area contributed by atoms with Crippen LogP contribution in [0, 0.1) is 5.92 Å². The van der Waals surface area contributed by atoms with Gasteiger partial charge in [0.1, 0.15) is 6.61 Å². The first-order valence-corrected chi connectivity index (χ1v) is 4.73. The van der Waals surface area contributed by atoms with Crippen molar-refractivity contribution >= 4 is 12.1 Å². The molecule has 0 saturated carbocycles. The Morgan fingerprint density at radius 3 is 2.53 bits per heavy atom. The molecule has 0 bridgehead atoms. The van der Waals surface area contributed by atoms with E-state index < -0.39 is 18.1 Å². The summed E-state index contributed by atoms with van der Waals surface area (Å²) in [4.78, 5) is 21.6. The normalized spacial score (nSPS) is 11.9. The van der Waals surface area contributed by atoms with E-state index in [0.717, 1.165) is 0 Å². The lowest BCUT2D eigenvalue weighted by Gasteiger charge is -2.19. The van der Waals surface area contributed by atoms with Gasteiger partial charge < -0.3 is 15.2 Å². The van der Waals surface area contributed by atoms with Crippen LogP contribution in [0.4, 0.5) is 4.79 Å². The molecule has 0 aromatic carbocycles. The minimum absolute atomic E-state index is 0.0392. The van der Waals surface area contributed by atoms with E-state index in [4.69, 9.17) is 9.84 Å². The predicted octanol–water partition coefficient (Wildman–Crippen LogP) is 1.40. The quantitative estimate of drug-likeness (QED) is 0.656. The van der Waals surface area contributed by atoms with Crippen molar-refractivity contribution < 1.29 is 19.4 Å². The third-order valence-corrected chi connectivity index (χ3v) is 1.83. The summed E-state index contributed by atoms with van der Waals surface area (Å²) >= 11 is 0. The molecule has 0 aliphatic rings. The lowest BCUT2D eigenvalue weighted by Crippen LogP contribution is -2.40. The van der Waals surface area contributed by atoms with Crippen LogP contribution in [0.25, 0.3) is 0 Å². The number of aliphatic carboxylic acids is 1. The molecule has 0 fully saturated rings. The number of ether oxygens (including phenoxy) is 1. The largest absolute Gasteiger partial charge is 0.481 e. The van der Waals surface area contributed by atoms with Crippen molar-refractivity contribution in [3.63, 3.8) is 0 Å². The van der Waals surface area contributed by atoms with Gasteiger partial charge in [0, 0.05) is 6.04 Å². The van der Waals surface area contributed by atoms with Crippen molar-refractivity contribution in [3.8, 4) is 0 Å². The highest BCUT2D eigenvalue weighted by Crippen LogP contribution is 2.06. The van der Waals surface area contributed by atoms with E-state index in [1.807, 2.05) is 13.8 Å². The molecule has 0 aromatic rings. The second-order valence-corrected chi connectivity index (χ2v) is 3.48. The molecule has 86 valence electrons. The highest BCUT2D eigenvalue weighted by atomic mass is 16.5. The fraction of sp³-hybridized carbons (Fsp3) is 0.600. The molecule has 5 nitrogen and oxygen atoms in total. The van der Waals surface area contributed by atoms with Crippen molar-refractivity contribution in [2.75, 3.05) is 6.61 Å². The Bertz CT molecular complexity index is 238. The summed E-state index contributed by atoms with van der Waals surface area (Å²) < 4.78 is 4.69. The summed E-state index contributed by atoms with van der Waals surface area (Å²) in [5.74, 6) is -0.907. The molecular weight excluding hydrogens is 198 g/mol. The Balaban J connectivity index is 4.09. The van der Waals surface area contributed by atoms with Crippen molar-refractivity contribution in [2.24, 2.45) is 5.92 Å². The fourth-order valence-electron chi connectivity index (χ4n) is 0.969. The van der Waals surface area contributed by atoms with E-state index in [-0.39, 0.29) is 18.9 Å². The van der Waals surface area contributed by atoms with E-state index in [0.29, 0.717) is 0 Å². The van der Waals surface area contributed by atoms with E-state index >= 15 is 0 Å². The molecule has 1 unspecified atom stereocenters. The maximum Gasteiger partial charge on any atom is 0.407 e. The number of nitrogens with one attached hydrogen (secondary N) is 1. The number of hydrogen-bond acceptors (Lipinski definition) is 3. The first-order valence-electron chi connectivity index (χ1n) is 4.73. The van der Waals surface area contributed by atoms with Gasteiger partial charge in [0.05, 0.1) is 6.42 Å². The van der Waals surface area contributed by atoms with Gasteiger partial charge in [-0.1, -0.05) is 26.5 Å². The van der Waals surface area contributed by atoms with E-state index in [9.17, 15) is 9.59 Å². The monoisotopic (exact) mass is 215 g/mol. The van der Waals surface area contributed by atoms with Crippen LogP contribution in [0.3, 0.4) is 0 Å². The zero-order valence-electron chi connectivity index (χ0n) is 9.03. The van der Waals surface area contributed by atoms with Gasteiger partial charge in [0.25, 0.3) is 0 Å². The standard InChI is InChI=1S/C10H17NO4/c1-4-5-15-10(14)11-8(7(2)3)6-9(12)13/h4,7-8H,1,5-6H2,2-3H3,(H,11,14)(H,12,13). The van der Waals surface area contributed by atoms with Crippen LogP contribution in [0.1, 0.15) is 20.3 Å². The van der Waals surface area contributed by atoms with Crippen LogP contribution in [-0.2, 0) is 9.53 Å². The molecule has 0 aliphatic carbocycles. The maximum atomic E-state index is 11.1. The molecular formula is C10H17NO4. The zero-order valence-corrected chi connectivity index (χ0v) is 9.03. The highest BCUT2D eigenvalue weighted by molar-refractivity contribution is 5.71. The Hall–Kier alpha value is -1.52. The van der Waals surface area contributed by atoms with Gasteiger partial charge in [0.15, 0.2) is 0 Å². The summed E-state index contributed by atoms with van der Waals surface area (Å²) in [6.45, 7) is 7.18.